The predicted octanol–water partition coefficient (Wildman–Crippen LogP) is 1.69. The van der Waals surface area contributed by atoms with Crippen LogP contribution in [0, 0.1) is 0 Å². The van der Waals surface area contributed by atoms with Gasteiger partial charge in [0, 0.05) is 13.2 Å². The average molecular weight is 188 g/mol. The number of hydrogen-bond donors (Lipinski definition) is 1. The van der Waals surface area contributed by atoms with Crippen LogP contribution in [0.3, 0.4) is 0 Å². The molecular weight excluding hydrogens is 168 g/mol. The molecule has 0 amide bonds. The molecule has 1 rings (SSSR count). The molecule has 2 atom stereocenters. The van der Waals surface area contributed by atoms with Gasteiger partial charge >= 0.3 is 0 Å². The molecular formula is C10H20O3. The highest BCUT2D eigenvalue weighted by molar-refractivity contribution is 4.59. The number of rotatable bonds is 5. The summed E-state index contributed by atoms with van der Waals surface area (Å²) in [7, 11) is 0. The molecule has 13 heavy (non-hydrogen) atoms. The van der Waals surface area contributed by atoms with Gasteiger partial charge in [-0.3, -0.25) is 0 Å². The molecule has 0 radical (unpaired) electrons. The van der Waals surface area contributed by atoms with E-state index >= 15 is 0 Å². The van der Waals surface area contributed by atoms with Crippen LogP contribution in [0.25, 0.3) is 0 Å². The van der Waals surface area contributed by atoms with Gasteiger partial charge in [-0.1, -0.05) is 6.92 Å². The fourth-order valence-corrected chi connectivity index (χ4v) is 1.55. The van der Waals surface area contributed by atoms with Crippen molar-refractivity contribution in [1.82, 2.24) is 0 Å². The van der Waals surface area contributed by atoms with Gasteiger partial charge in [-0.05, 0) is 32.1 Å². The molecule has 1 unspecified atom stereocenters. The van der Waals surface area contributed by atoms with Crippen LogP contribution in [0.4, 0.5) is 0 Å². The van der Waals surface area contributed by atoms with Crippen LogP contribution in [-0.4, -0.2) is 30.7 Å². The minimum absolute atomic E-state index is 0.0229. The predicted molar refractivity (Wildman–Crippen MR) is 50.5 cm³/mol. The summed E-state index contributed by atoms with van der Waals surface area (Å²) in [4.78, 5) is 0. The smallest absolute Gasteiger partial charge is 0.157 e. The number of hydrogen-bond acceptors (Lipinski definition) is 3. The van der Waals surface area contributed by atoms with E-state index in [9.17, 15) is 0 Å². The van der Waals surface area contributed by atoms with E-state index in [1.165, 1.54) is 6.42 Å². The standard InChI is InChI=1S/C10H20O3/c1-2-9(6-7-11)13-10-5-3-4-8-12-10/h9-11H,2-8H2,1H3/t9-,10?/m0/s1. The lowest BCUT2D eigenvalue weighted by Crippen LogP contribution is -2.28. The van der Waals surface area contributed by atoms with E-state index in [4.69, 9.17) is 14.6 Å². The summed E-state index contributed by atoms with van der Waals surface area (Å²) >= 11 is 0. The van der Waals surface area contributed by atoms with Crippen molar-refractivity contribution in [3.63, 3.8) is 0 Å². The van der Waals surface area contributed by atoms with Gasteiger partial charge in [-0.2, -0.15) is 0 Å². The molecule has 0 spiro atoms. The third kappa shape index (κ3) is 4.07. The summed E-state index contributed by atoms with van der Waals surface area (Å²) < 4.78 is 11.2. The second kappa shape index (κ2) is 6.35. The Hall–Kier alpha value is -0.120. The molecule has 78 valence electrons. The van der Waals surface area contributed by atoms with Gasteiger partial charge < -0.3 is 14.6 Å². The van der Waals surface area contributed by atoms with Crippen LogP contribution in [0.5, 0.6) is 0 Å². The first-order valence-electron chi connectivity index (χ1n) is 5.24. The highest BCUT2D eigenvalue weighted by Crippen LogP contribution is 2.17. The number of ether oxygens (including phenoxy) is 2. The molecule has 1 heterocycles. The second-order valence-corrected chi connectivity index (χ2v) is 3.47. The highest BCUT2D eigenvalue weighted by atomic mass is 16.7. The van der Waals surface area contributed by atoms with Crippen molar-refractivity contribution in [2.45, 2.75) is 51.4 Å². The summed E-state index contributed by atoms with van der Waals surface area (Å²) in [6.07, 6.45) is 5.15. The Labute approximate surface area is 80.0 Å². The van der Waals surface area contributed by atoms with Gasteiger partial charge in [0.25, 0.3) is 0 Å². The van der Waals surface area contributed by atoms with Crippen molar-refractivity contribution < 1.29 is 14.6 Å². The minimum Gasteiger partial charge on any atom is -0.396 e. The fourth-order valence-electron chi connectivity index (χ4n) is 1.55. The Morgan fingerprint density at radius 2 is 2.38 bits per heavy atom. The van der Waals surface area contributed by atoms with E-state index in [2.05, 4.69) is 6.92 Å². The molecule has 0 aliphatic carbocycles. The third-order valence-electron chi connectivity index (χ3n) is 2.39. The Kier molecular flexibility index (Phi) is 5.35. The van der Waals surface area contributed by atoms with E-state index in [1.807, 2.05) is 0 Å². The topological polar surface area (TPSA) is 38.7 Å². The summed E-state index contributed by atoms with van der Waals surface area (Å²) in [5.74, 6) is 0. The highest BCUT2D eigenvalue weighted by Gasteiger charge is 2.18. The van der Waals surface area contributed by atoms with E-state index in [0.29, 0.717) is 0 Å². The zero-order chi connectivity index (χ0) is 9.52. The maximum atomic E-state index is 8.78. The first-order chi connectivity index (χ1) is 6.36. The maximum Gasteiger partial charge on any atom is 0.157 e. The van der Waals surface area contributed by atoms with Crippen molar-refractivity contribution >= 4 is 0 Å². The molecule has 0 saturated carbocycles. The molecule has 3 heteroatoms. The van der Waals surface area contributed by atoms with E-state index in [1.54, 1.807) is 0 Å². The van der Waals surface area contributed by atoms with Crippen molar-refractivity contribution in [2.75, 3.05) is 13.2 Å². The molecule has 0 aromatic heterocycles. The largest absolute Gasteiger partial charge is 0.396 e. The molecule has 0 aromatic rings. The Morgan fingerprint density at radius 3 is 2.92 bits per heavy atom. The average Bonchev–Trinajstić information content (AvgIpc) is 2.19. The normalized spacial score (nSPS) is 25.8. The van der Waals surface area contributed by atoms with Crippen molar-refractivity contribution in [1.29, 1.82) is 0 Å². The fraction of sp³-hybridized carbons (Fsp3) is 1.00. The quantitative estimate of drug-likeness (QED) is 0.713. The molecule has 1 aliphatic rings. The van der Waals surface area contributed by atoms with Gasteiger partial charge in [-0.15, -0.1) is 0 Å². The Morgan fingerprint density at radius 1 is 1.54 bits per heavy atom. The monoisotopic (exact) mass is 188 g/mol. The Bertz CT molecular complexity index is 119. The van der Waals surface area contributed by atoms with Crippen LogP contribution in [0.2, 0.25) is 0 Å². The molecule has 1 aliphatic heterocycles. The van der Waals surface area contributed by atoms with E-state index in [0.717, 1.165) is 32.3 Å². The molecule has 0 bridgehead atoms. The molecule has 3 nitrogen and oxygen atoms in total. The van der Waals surface area contributed by atoms with Crippen LogP contribution in [0.15, 0.2) is 0 Å². The SMILES string of the molecule is CC[C@@H](CCO)OC1CCCCO1. The summed E-state index contributed by atoms with van der Waals surface area (Å²) in [6.45, 7) is 3.09. The van der Waals surface area contributed by atoms with Crippen LogP contribution in [0.1, 0.15) is 39.0 Å². The van der Waals surface area contributed by atoms with Gasteiger partial charge in [0.15, 0.2) is 6.29 Å². The van der Waals surface area contributed by atoms with Gasteiger partial charge in [0.1, 0.15) is 0 Å². The van der Waals surface area contributed by atoms with Gasteiger partial charge in [0.05, 0.1) is 6.10 Å². The van der Waals surface area contributed by atoms with Gasteiger partial charge in [-0.25, -0.2) is 0 Å². The van der Waals surface area contributed by atoms with E-state index in [-0.39, 0.29) is 19.0 Å². The van der Waals surface area contributed by atoms with Crippen molar-refractivity contribution in [3.05, 3.63) is 0 Å². The zero-order valence-corrected chi connectivity index (χ0v) is 8.37. The molecule has 1 N–H and O–H groups in total. The van der Waals surface area contributed by atoms with Gasteiger partial charge in [0.2, 0.25) is 0 Å². The molecule has 1 fully saturated rings. The molecule has 1 saturated heterocycles. The van der Waals surface area contributed by atoms with Crippen LogP contribution >= 0.6 is 0 Å². The Balaban J connectivity index is 2.18. The van der Waals surface area contributed by atoms with Crippen LogP contribution in [-0.2, 0) is 9.47 Å². The van der Waals surface area contributed by atoms with Crippen LogP contribution < -0.4 is 0 Å². The zero-order valence-electron chi connectivity index (χ0n) is 8.37. The first-order valence-corrected chi connectivity index (χ1v) is 5.24. The van der Waals surface area contributed by atoms with E-state index < -0.39 is 0 Å². The minimum atomic E-state index is -0.0229. The lowest BCUT2D eigenvalue weighted by atomic mass is 10.2. The van der Waals surface area contributed by atoms with Crippen molar-refractivity contribution in [2.24, 2.45) is 0 Å². The second-order valence-electron chi connectivity index (χ2n) is 3.47. The lowest BCUT2D eigenvalue weighted by Gasteiger charge is -2.26. The number of aliphatic hydroxyl groups is 1. The lowest BCUT2D eigenvalue weighted by molar-refractivity contribution is -0.190. The summed E-state index contributed by atoms with van der Waals surface area (Å²) in [5.41, 5.74) is 0. The number of aliphatic hydroxyl groups excluding tert-OH is 1. The van der Waals surface area contributed by atoms with Crippen molar-refractivity contribution in [3.8, 4) is 0 Å². The first kappa shape index (κ1) is 11.0. The summed E-state index contributed by atoms with van der Waals surface area (Å²) in [5, 5.41) is 8.78. The third-order valence-corrected chi connectivity index (χ3v) is 2.39. The molecule has 0 aromatic carbocycles. The summed E-state index contributed by atoms with van der Waals surface area (Å²) in [6, 6.07) is 0. The maximum absolute atomic E-state index is 8.78.